The van der Waals surface area contributed by atoms with Gasteiger partial charge in [0.05, 0.1) is 13.2 Å². The molecule has 0 spiro atoms. The number of hydrogen-bond donors (Lipinski definition) is 3. The second-order valence-corrected chi connectivity index (χ2v) is 5.60. The lowest BCUT2D eigenvalue weighted by Gasteiger charge is -2.25. The highest BCUT2D eigenvalue weighted by Crippen LogP contribution is 2.16. The predicted molar refractivity (Wildman–Crippen MR) is 88.8 cm³/mol. The zero-order valence-electron chi connectivity index (χ0n) is 13.4. The van der Waals surface area contributed by atoms with E-state index in [4.69, 9.17) is 9.84 Å². The molecule has 0 aliphatic carbocycles. The summed E-state index contributed by atoms with van der Waals surface area (Å²) in [5.41, 5.74) is 1.77. The van der Waals surface area contributed by atoms with Crippen molar-refractivity contribution in [2.75, 3.05) is 31.6 Å². The van der Waals surface area contributed by atoms with E-state index in [2.05, 4.69) is 21.2 Å². The van der Waals surface area contributed by atoms with Crippen LogP contribution < -0.4 is 15.8 Å². The number of nitrogens with zero attached hydrogens (tertiary/aromatic N) is 1. The van der Waals surface area contributed by atoms with E-state index in [-0.39, 0.29) is 11.5 Å². The van der Waals surface area contributed by atoms with Gasteiger partial charge in [0.15, 0.2) is 11.5 Å². The molecular weight excluding hydrogens is 312 g/mol. The Hall–Kier alpha value is -2.67. The number of benzene rings is 1. The fourth-order valence-electron chi connectivity index (χ4n) is 2.82. The first kappa shape index (κ1) is 16.2. The molecule has 0 unspecified atom stereocenters. The van der Waals surface area contributed by atoms with Gasteiger partial charge in [-0.15, -0.1) is 0 Å². The summed E-state index contributed by atoms with van der Waals surface area (Å²) in [4.78, 5) is 12.9. The molecule has 1 aromatic carbocycles. The molecule has 2 aliphatic heterocycles. The highest BCUT2D eigenvalue weighted by atomic mass is 16.7. The van der Waals surface area contributed by atoms with Crippen LogP contribution in [-0.4, -0.2) is 47.6 Å². The number of nitrogens with one attached hydrogen (secondary N) is 1. The van der Waals surface area contributed by atoms with Gasteiger partial charge in [-0.25, -0.2) is 4.79 Å². The third-order valence-electron chi connectivity index (χ3n) is 4.07. The first-order valence-electron chi connectivity index (χ1n) is 7.86. The molecular formula is C17H20N2O5. The number of rotatable bonds is 3. The predicted octanol–water partition coefficient (Wildman–Crippen LogP) is 0.947. The van der Waals surface area contributed by atoms with Gasteiger partial charge in [0.25, 0.3) is 0 Å². The zero-order chi connectivity index (χ0) is 17.1. The minimum Gasteiger partial charge on any atom is -0.504 e. The van der Waals surface area contributed by atoms with E-state index in [1.165, 1.54) is 6.20 Å². The smallest absolute Gasteiger partial charge is 0.504 e. The lowest BCUT2D eigenvalue weighted by molar-refractivity contribution is 0.0662. The molecule has 1 saturated heterocycles. The second kappa shape index (κ2) is 6.84. The number of morpholine rings is 1. The Morgan fingerprint density at radius 1 is 1.42 bits per heavy atom. The van der Waals surface area contributed by atoms with Crippen molar-refractivity contribution in [3.63, 3.8) is 0 Å². The van der Waals surface area contributed by atoms with Crippen LogP contribution in [0.15, 0.2) is 24.1 Å². The van der Waals surface area contributed by atoms with Gasteiger partial charge in [-0.2, -0.15) is 0 Å². The van der Waals surface area contributed by atoms with Crippen molar-refractivity contribution in [1.29, 1.82) is 0 Å². The number of anilines is 1. The Kier molecular flexibility index (Phi) is 4.61. The number of aryl methyl sites for hydroxylation is 1. The van der Waals surface area contributed by atoms with Crippen LogP contribution >= 0.6 is 0 Å². The van der Waals surface area contributed by atoms with Crippen molar-refractivity contribution >= 4 is 23.8 Å². The number of carboxylic acid groups (broad SMARTS) is 1. The summed E-state index contributed by atoms with van der Waals surface area (Å²) in [6.07, 6.45) is 2.77. The maximum atomic E-state index is 10.7. The molecule has 0 amide bonds. The van der Waals surface area contributed by atoms with Gasteiger partial charge in [0.1, 0.15) is 0 Å². The van der Waals surface area contributed by atoms with Gasteiger partial charge in [0, 0.05) is 36.4 Å². The molecule has 7 nitrogen and oxygen atoms in total. The molecule has 0 radical (unpaired) electrons. The van der Waals surface area contributed by atoms with E-state index in [1.807, 2.05) is 19.1 Å². The summed E-state index contributed by atoms with van der Waals surface area (Å²) in [5.74, 6) is -0.291. The molecule has 24 heavy (non-hydrogen) atoms. The van der Waals surface area contributed by atoms with Crippen LogP contribution in [0.2, 0.25) is 0 Å². The van der Waals surface area contributed by atoms with E-state index in [0.717, 1.165) is 30.3 Å². The van der Waals surface area contributed by atoms with Crippen molar-refractivity contribution in [2.24, 2.45) is 0 Å². The third kappa shape index (κ3) is 3.30. The van der Waals surface area contributed by atoms with E-state index in [9.17, 15) is 9.90 Å². The Morgan fingerprint density at radius 2 is 2.17 bits per heavy atom. The average molecular weight is 332 g/mol. The highest BCUT2D eigenvalue weighted by molar-refractivity contribution is 5.71. The lowest BCUT2D eigenvalue weighted by Crippen LogP contribution is -2.34. The number of aliphatic hydroxyl groups is 1. The van der Waals surface area contributed by atoms with Gasteiger partial charge < -0.3 is 29.9 Å². The van der Waals surface area contributed by atoms with Crippen LogP contribution in [0, 0.1) is 0 Å². The molecule has 0 aromatic heterocycles. The molecule has 3 N–H and O–H groups in total. The fourth-order valence-corrected chi connectivity index (χ4v) is 2.82. The molecule has 0 atom stereocenters. The Morgan fingerprint density at radius 3 is 2.83 bits per heavy atom. The normalized spacial score (nSPS) is 17.9. The van der Waals surface area contributed by atoms with Crippen LogP contribution in [0.1, 0.15) is 12.5 Å². The first-order chi connectivity index (χ1) is 11.6. The molecule has 128 valence electrons. The summed E-state index contributed by atoms with van der Waals surface area (Å²) in [5, 5.41) is 23.6. The first-order valence-corrected chi connectivity index (χ1v) is 7.86. The Labute approximate surface area is 139 Å². The molecule has 0 saturated carbocycles. The third-order valence-corrected chi connectivity index (χ3v) is 4.07. The minimum absolute atomic E-state index is 0.109. The average Bonchev–Trinajstić information content (AvgIpc) is 2.58. The van der Waals surface area contributed by atoms with Gasteiger partial charge in [-0.3, -0.25) is 0 Å². The molecule has 1 aromatic rings. The summed E-state index contributed by atoms with van der Waals surface area (Å²) in [6.45, 7) is 5.17. The molecule has 1 fully saturated rings. The lowest BCUT2D eigenvalue weighted by atomic mass is 10.0. The van der Waals surface area contributed by atoms with Crippen molar-refractivity contribution in [3.8, 4) is 0 Å². The van der Waals surface area contributed by atoms with Crippen molar-refractivity contribution in [2.45, 2.75) is 13.3 Å². The van der Waals surface area contributed by atoms with E-state index in [0.29, 0.717) is 24.1 Å². The monoisotopic (exact) mass is 332 g/mol. The largest absolute Gasteiger partial charge is 0.511 e. The summed E-state index contributed by atoms with van der Waals surface area (Å²) >= 11 is 0. The quantitative estimate of drug-likeness (QED) is 0.710. The Balaban J connectivity index is 2.04. The van der Waals surface area contributed by atoms with E-state index in [1.54, 1.807) is 0 Å². The summed E-state index contributed by atoms with van der Waals surface area (Å²) in [6, 6.07) is 3.82. The van der Waals surface area contributed by atoms with Crippen LogP contribution in [0.5, 0.6) is 0 Å². The topological polar surface area (TPSA) is 91.3 Å². The van der Waals surface area contributed by atoms with Gasteiger partial charge in [0.2, 0.25) is 0 Å². The highest BCUT2D eigenvalue weighted by Gasteiger charge is 2.17. The maximum absolute atomic E-state index is 10.7. The maximum Gasteiger partial charge on any atom is 0.511 e. The molecule has 3 rings (SSSR count). The number of carbonyl (C=O) groups is 1. The van der Waals surface area contributed by atoms with Crippen LogP contribution in [0.3, 0.4) is 0 Å². The van der Waals surface area contributed by atoms with Gasteiger partial charge in [-0.05, 0) is 29.3 Å². The summed E-state index contributed by atoms with van der Waals surface area (Å²) in [7, 11) is 0. The molecule has 2 heterocycles. The van der Waals surface area contributed by atoms with Crippen molar-refractivity contribution in [1.82, 2.24) is 4.90 Å². The number of aliphatic hydroxyl groups excluding tert-OH is 1. The van der Waals surface area contributed by atoms with Crippen LogP contribution in [-0.2, 0) is 15.9 Å². The SMILES string of the molecule is CCc1cc2c(cc1=CN1CCOCC1)NC=C(OC(=O)O)C=2O. The van der Waals surface area contributed by atoms with Crippen LogP contribution in [0.4, 0.5) is 10.5 Å². The van der Waals surface area contributed by atoms with E-state index < -0.39 is 6.16 Å². The van der Waals surface area contributed by atoms with Gasteiger partial charge in [-0.1, -0.05) is 6.92 Å². The number of fused-ring (bicyclic) bond motifs is 1. The molecule has 7 heteroatoms. The molecule has 0 bridgehead atoms. The minimum atomic E-state index is -1.47. The number of ether oxygens (including phenoxy) is 2. The van der Waals surface area contributed by atoms with E-state index >= 15 is 0 Å². The number of hydrogen-bond acceptors (Lipinski definition) is 6. The van der Waals surface area contributed by atoms with Crippen molar-refractivity contribution < 1.29 is 24.5 Å². The standard InChI is InChI=1S/C17H20N2O5/c1-2-11-7-13-14(18-9-15(16(13)20)24-17(21)22)8-12(11)10-19-3-5-23-6-4-19/h7-10,18,20H,2-6H2,1H3,(H,21,22). The van der Waals surface area contributed by atoms with Crippen LogP contribution in [0.25, 0.3) is 12.0 Å². The van der Waals surface area contributed by atoms with Crippen molar-refractivity contribution in [3.05, 3.63) is 40.1 Å². The Bertz CT molecular complexity index is 794. The second-order valence-electron chi connectivity index (χ2n) is 5.60. The fraction of sp³-hybridized carbons (Fsp3) is 0.353. The zero-order valence-corrected chi connectivity index (χ0v) is 13.4. The van der Waals surface area contributed by atoms with Gasteiger partial charge >= 0.3 is 6.16 Å². The summed E-state index contributed by atoms with van der Waals surface area (Å²) < 4.78 is 9.95. The molecule has 2 aliphatic rings.